The van der Waals surface area contributed by atoms with Crippen LogP contribution >= 0.6 is 11.6 Å². The van der Waals surface area contributed by atoms with Crippen molar-refractivity contribution in [1.82, 2.24) is 20.1 Å². The van der Waals surface area contributed by atoms with E-state index in [0.717, 1.165) is 11.4 Å². The van der Waals surface area contributed by atoms with Gasteiger partial charge in [-0.15, -0.1) is 0 Å². The summed E-state index contributed by atoms with van der Waals surface area (Å²) in [6.07, 6.45) is 1.49. The summed E-state index contributed by atoms with van der Waals surface area (Å²) in [6.45, 7) is 7.59. The largest absolute Gasteiger partial charge is 0.497 e. The van der Waals surface area contributed by atoms with Crippen molar-refractivity contribution < 1.29 is 9.53 Å². The molecule has 0 atom stereocenters. The molecule has 0 bridgehead atoms. The van der Waals surface area contributed by atoms with Crippen LogP contribution in [0.1, 0.15) is 36.8 Å². The summed E-state index contributed by atoms with van der Waals surface area (Å²) < 4.78 is 6.97. The Morgan fingerprint density at radius 2 is 2.04 bits per heavy atom. The molecule has 0 saturated heterocycles. The number of methoxy groups -OCH3 is 1. The molecule has 0 aliphatic rings. The second-order valence-corrected chi connectivity index (χ2v) is 7.47. The Morgan fingerprint density at radius 3 is 2.69 bits per heavy atom. The summed E-state index contributed by atoms with van der Waals surface area (Å²) in [6, 6.07) is 7.51. The molecule has 1 aromatic carbocycles. The monoisotopic (exact) mass is 372 g/mol. The van der Waals surface area contributed by atoms with E-state index in [1.54, 1.807) is 11.8 Å². The zero-order valence-corrected chi connectivity index (χ0v) is 16.2. The third kappa shape index (κ3) is 3.37. The molecule has 1 amide bonds. The van der Waals surface area contributed by atoms with Crippen LogP contribution in [0.25, 0.3) is 16.7 Å². The van der Waals surface area contributed by atoms with Gasteiger partial charge in [-0.1, -0.05) is 17.7 Å². The number of carbonyl (C=O) groups is 1. The zero-order valence-electron chi connectivity index (χ0n) is 15.4. The SMILES string of the molecule is COc1cccc(-n2nc(C)c3c(Cl)c(C(=O)NC(C)(C)C)cnc32)c1. The van der Waals surface area contributed by atoms with Crippen molar-refractivity contribution in [3.8, 4) is 11.4 Å². The summed E-state index contributed by atoms with van der Waals surface area (Å²) >= 11 is 6.55. The van der Waals surface area contributed by atoms with Gasteiger partial charge in [0.05, 0.1) is 34.5 Å². The van der Waals surface area contributed by atoms with Crippen molar-refractivity contribution in [2.24, 2.45) is 0 Å². The molecule has 6 nitrogen and oxygen atoms in total. The van der Waals surface area contributed by atoms with Crippen LogP contribution in [0.5, 0.6) is 5.75 Å². The van der Waals surface area contributed by atoms with Gasteiger partial charge >= 0.3 is 0 Å². The quantitative estimate of drug-likeness (QED) is 0.756. The summed E-state index contributed by atoms with van der Waals surface area (Å²) in [5.74, 6) is 0.460. The fourth-order valence-electron chi connectivity index (χ4n) is 2.70. The van der Waals surface area contributed by atoms with Gasteiger partial charge in [0.2, 0.25) is 0 Å². The van der Waals surface area contributed by atoms with Crippen molar-refractivity contribution in [3.63, 3.8) is 0 Å². The summed E-state index contributed by atoms with van der Waals surface area (Å²) in [7, 11) is 1.61. The van der Waals surface area contributed by atoms with Crippen molar-refractivity contribution in [2.45, 2.75) is 33.2 Å². The fraction of sp³-hybridized carbons (Fsp3) is 0.316. The third-order valence-corrected chi connectivity index (χ3v) is 4.23. The van der Waals surface area contributed by atoms with Gasteiger partial charge in [0.15, 0.2) is 5.65 Å². The lowest BCUT2D eigenvalue weighted by atomic mass is 10.1. The Morgan fingerprint density at radius 1 is 1.31 bits per heavy atom. The van der Waals surface area contributed by atoms with Crippen LogP contribution in [-0.4, -0.2) is 33.3 Å². The summed E-state index contributed by atoms with van der Waals surface area (Å²) in [5, 5.41) is 8.47. The number of aryl methyl sites for hydroxylation is 1. The van der Waals surface area contributed by atoms with Gasteiger partial charge in [0, 0.05) is 17.8 Å². The van der Waals surface area contributed by atoms with Gasteiger partial charge in [-0.2, -0.15) is 5.10 Å². The molecule has 0 unspecified atom stereocenters. The first kappa shape index (κ1) is 18.2. The molecule has 0 aliphatic carbocycles. The number of fused-ring (bicyclic) bond motifs is 1. The Kier molecular flexibility index (Phi) is 4.63. The molecule has 2 heterocycles. The van der Waals surface area contributed by atoms with Gasteiger partial charge in [0.1, 0.15) is 5.75 Å². The summed E-state index contributed by atoms with van der Waals surface area (Å²) in [5.41, 5.74) is 2.06. The van der Waals surface area contributed by atoms with Crippen molar-refractivity contribution in [3.05, 3.63) is 46.7 Å². The first-order chi connectivity index (χ1) is 12.2. The molecule has 7 heteroatoms. The second-order valence-electron chi connectivity index (χ2n) is 7.09. The van der Waals surface area contributed by atoms with Gasteiger partial charge in [-0.3, -0.25) is 4.79 Å². The molecule has 2 aromatic heterocycles. The molecule has 26 heavy (non-hydrogen) atoms. The fourth-order valence-corrected chi connectivity index (χ4v) is 3.05. The number of amides is 1. The van der Waals surface area contributed by atoms with Gasteiger partial charge in [-0.05, 0) is 39.8 Å². The lowest BCUT2D eigenvalue weighted by molar-refractivity contribution is 0.0919. The van der Waals surface area contributed by atoms with Crippen LogP contribution < -0.4 is 10.1 Å². The van der Waals surface area contributed by atoms with Crippen LogP contribution in [0, 0.1) is 6.92 Å². The molecular weight excluding hydrogens is 352 g/mol. The Labute approximate surface area is 157 Å². The molecule has 0 radical (unpaired) electrons. The molecule has 3 rings (SSSR count). The van der Waals surface area contributed by atoms with E-state index in [2.05, 4.69) is 15.4 Å². The van der Waals surface area contributed by atoms with Gasteiger partial charge < -0.3 is 10.1 Å². The number of nitrogens with one attached hydrogen (secondary N) is 1. The first-order valence-corrected chi connectivity index (χ1v) is 8.60. The van der Waals surface area contributed by atoms with E-state index >= 15 is 0 Å². The topological polar surface area (TPSA) is 69.0 Å². The molecule has 3 aromatic rings. The number of halogens is 1. The van der Waals surface area contributed by atoms with Crippen molar-refractivity contribution in [1.29, 1.82) is 0 Å². The van der Waals surface area contributed by atoms with Gasteiger partial charge in [0.25, 0.3) is 5.91 Å². The van der Waals surface area contributed by atoms with E-state index in [1.807, 2.05) is 52.0 Å². The van der Waals surface area contributed by atoms with E-state index < -0.39 is 0 Å². The van der Waals surface area contributed by atoms with E-state index in [1.165, 1.54) is 6.20 Å². The first-order valence-electron chi connectivity index (χ1n) is 8.22. The summed E-state index contributed by atoms with van der Waals surface area (Å²) in [4.78, 5) is 17.0. The second kappa shape index (κ2) is 6.61. The maximum absolute atomic E-state index is 12.5. The van der Waals surface area contributed by atoms with Crippen LogP contribution in [-0.2, 0) is 0 Å². The molecule has 136 valence electrons. The number of nitrogens with zero attached hydrogens (tertiary/aromatic N) is 3. The third-order valence-electron chi connectivity index (χ3n) is 3.84. The molecule has 0 spiro atoms. The van der Waals surface area contributed by atoms with E-state index in [-0.39, 0.29) is 11.4 Å². The number of ether oxygens (including phenoxy) is 1. The molecule has 0 fully saturated rings. The normalized spacial score (nSPS) is 11.6. The van der Waals surface area contributed by atoms with Crippen LogP contribution in [0.15, 0.2) is 30.5 Å². The highest BCUT2D eigenvalue weighted by atomic mass is 35.5. The lowest BCUT2D eigenvalue weighted by Crippen LogP contribution is -2.40. The maximum atomic E-state index is 12.5. The number of pyridine rings is 1. The highest BCUT2D eigenvalue weighted by Crippen LogP contribution is 2.30. The predicted molar refractivity (Wildman–Crippen MR) is 102 cm³/mol. The molecule has 1 N–H and O–H groups in total. The highest BCUT2D eigenvalue weighted by Gasteiger charge is 2.22. The minimum atomic E-state index is -0.366. The Hall–Kier alpha value is -2.60. The minimum absolute atomic E-state index is 0.259. The number of rotatable bonds is 3. The number of benzene rings is 1. The Bertz CT molecular complexity index is 989. The molecule has 0 aliphatic heterocycles. The number of aromatic nitrogens is 3. The molecule has 0 saturated carbocycles. The van der Waals surface area contributed by atoms with E-state index in [9.17, 15) is 4.79 Å². The van der Waals surface area contributed by atoms with E-state index in [0.29, 0.717) is 27.3 Å². The van der Waals surface area contributed by atoms with E-state index in [4.69, 9.17) is 16.3 Å². The lowest BCUT2D eigenvalue weighted by Gasteiger charge is -2.20. The Balaban J connectivity index is 2.13. The average Bonchev–Trinajstić information content (AvgIpc) is 2.91. The zero-order chi connectivity index (χ0) is 19.1. The average molecular weight is 373 g/mol. The maximum Gasteiger partial charge on any atom is 0.254 e. The van der Waals surface area contributed by atoms with Crippen molar-refractivity contribution >= 4 is 28.5 Å². The van der Waals surface area contributed by atoms with Crippen LogP contribution in [0.3, 0.4) is 0 Å². The number of hydrogen-bond donors (Lipinski definition) is 1. The number of hydrogen-bond acceptors (Lipinski definition) is 4. The van der Waals surface area contributed by atoms with Gasteiger partial charge in [-0.25, -0.2) is 9.67 Å². The minimum Gasteiger partial charge on any atom is -0.497 e. The van der Waals surface area contributed by atoms with Crippen LogP contribution in [0.4, 0.5) is 0 Å². The standard InChI is InChI=1S/C19H21ClN4O2/c1-11-15-16(20)14(18(25)22-19(2,3)4)10-21-17(15)24(23-11)12-7-6-8-13(9-12)26-5/h6-10H,1-5H3,(H,22,25). The smallest absolute Gasteiger partial charge is 0.254 e. The molecular formula is C19H21ClN4O2. The van der Waals surface area contributed by atoms with Crippen molar-refractivity contribution in [2.75, 3.05) is 7.11 Å². The number of carbonyl (C=O) groups excluding carboxylic acids is 1. The highest BCUT2D eigenvalue weighted by molar-refractivity contribution is 6.38. The predicted octanol–water partition coefficient (Wildman–Crippen LogP) is 3.92. The van der Waals surface area contributed by atoms with Crippen LogP contribution in [0.2, 0.25) is 5.02 Å².